The predicted molar refractivity (Wildman–Crippen MR) is 75.8 cm³/mol. The van der Waals surface area contributed by atoms with E-state index in [0.29, 0.717) is 15.8 Å². The Morgan fingerprint density at radius 2 is 1.72 bits per heavy atom. The third kappa shape index (κ3) is 2.83. The first-order chi connectivity index (χ1) is 8.49. The van der Waals surface area contributed by atoms with E-state index in [1.54, 1.807) is 30.3 Å². The van der Waals surface area contributed by atoms with Crippen LogP contribution < -0.4 is 10.5 Å². The summed E-state index contributed by atoms with van der Waals surface area (Å²) in [6.07, 6.45) is 0. The van der Waals surface area contributed by atoms with E-state index in [1.807, 2.05) is 6.07 Å². The first-order valence-electron chi connectivity index (χ1n) is 5.12. The molecule has 6 heteroatoms. The number of para-hydroxylation sites is 1. The van der Waals surface area contributed by atoms with Gasteiger partial charge >= 0.3 is 0 Å². The van der Waals surface area contributed by atoms with E-state index in [2.05, 4.69) is 20.7 Å². The highest BCUT2D eigenvalue weighted by atomic mass is 79.9. The predicted octanol–water partition coefficient (Wildman–Crippen LogP) is 2.83. The Morgan fingerprint density at radius 3 is 2.33 bits per heavy atom. The zero-order valence-electron chi connectivity index (χ0n) is 9.30. The van der Waals surface area contributed by atoms with Crippen molar-refractivity contribution in [3.8, 4) is 0 Å². The number of nitrogens with two attached hydrogens (primary N) is 1. The number of rotatable bonds is 3. The van der Waals surface area contributed by atoms with Crippen molar-refractivity contribution < 1.29 is 8.42 Å². The fourth-order valence-electron chi connectivity index (χ4n) is 1.41. The molecule has 0 bridgehead atoms. The summed E-state index contributed by atoms with van der Waals surface area (Å²) in [7, 11) is -3.60. The molecule has 0 saturated carbocycles. The van der Waals surface area contributed by atoms with Gasteiger partial charge in [-0.05, 0) is 46.3 Å². The van der Waals surface area contributed by atoms with Crippen molar-refractivity contribution in [1.82, 2.24) is 0 Å². The zero-order valence-corrected chi connectivity index (χ0v) is 11.7. The van der Waals surface area contributed by atoms with Gasteiger partial charge in [-0.3, -0.25) is 4.72 Å². The Bertz CT molecular complexity index is 657. The molecule has 3 N–H and O–H groups in total. The molecule has 94 valence electrons. The van der Waals surface area contributed by atoms with Gasteiger partial charge in [-0.2, -0.15) is 0 Å². The molecule has 0 atom stereocenters. The van der Waals surface area contributed by atoms with Gasteiger partial charge < -0.3 is 5.73 Å². The standard InChI is InChI=1S/C12H11BrN2O2S/c13-11-7-6-10(8-12(11)14)18(16,17)15-9-4-2-1-3-5-9/h1-8,15H,14H2. The van der Waals surface area contributed by atoms with E-state index in [9.17, 15) is 8.42 Å². The number of sulfonamides is 1. The minimum Gasteiger partial charge on any atom is -0.398 e. The summed E-state index contributed by atoms with van der Waals surface area (Å²) < 4.78 is 27.3. The molecule has 2 aromatic carbocycles. The fraction of sp³-hybridized carbons (Fsp3) is 0. The number of anilines is 2. The maximum absolute atomic E-state index is 12.1. The first-order valence-corrected chi connectivity index (χ1v) is 7.39. The van der Waals surface area contributed by atoms with E-state index in [-0.39, 0.29) is 4.90 Å². The average molecular weight is 327 g/mol. The number of hydrogen-bond donors (Lipinski definition) is 2. The molecule has 0 heterocycles. The van der Waals surface area contributed by atoms with Crippen molar-refractivity contribution in [2.24, 2.45) is 0 Å². The van der Waals surface area contributed by atoms with Crippen LogP contribution in [0.3, 0.4) is 0 Å². The van der Waals surface area contributed by atoms with E-state index in [0.717, 1.165) is 0 Å². The molecule has 0 amide bonds. The number of nitrogen functional groups attached to an aromatic ring is 1. The van der Waals surface area contributed by atoms with Crippen LogP contribution >= 0.6 is 15.9 Å². The van der Waals surface area contributed by atoms with Gasteiger partial charge in [-0.25, -0.2) is 8.42 Å². The molecule has 0 saturated heterocycles. The van der Waals surface area contributed by atoms with E-state index in [4.69, 9.17) is 5.73 Å². The highest BCUT2D eigenvalue weighted by Gasteiger charge is 2.14. The summed E-state index contributed by atoms with van der Waals surface area (Å²) in [5.74, 6) is 0. The number of halogens is 1. The zero-order chi connectivity index (χ0) is 13.2. The smallest absolute Gasteiger partial charge is 0.261 e. The number of benzene rings is 2. The van der Waals surface area contributed by atoms with Crippen molar-refractivity contribution in [3.63, 3.8) is 0 Å². The maximum atomic E-state index is 12.1. The van der Waals surface area contributed by atoms with Gasteiger partial charge in [0.25, 0.3) is 10.0 Å². The van der Waals surface area contributed by atoms with Crippen LogP contribution in [0, 0.1) is 0 Å². The molecule has 0 spiro atoms. The summed E-state index contributed by atoms with van der Waals surface area (Å²) in [6.45, 7) is 0. The van der Waals surface area contributed by atoms with Gasteiger partial charge in [0.2, 0.25) is 0 Å². The second-order valence-electron chi connectivity index (χ2n) is 3.65. The Morgan fingerprint density at radius 1 is 1.06 bits per heavy atom. The van der Waals surface area contributed by atoms with Gasteiger partial charge in [0.05, 0.1) is 4.90 Å². The maximum Gasteiger partial charge on any atom is 0.261 e. The van der Waals surface area contributed by atoms with Gasteiger partial charge in [0.1, 0.15) is 0 Å². The third-order valence-corrected chi connectivity index (χ3v) is 4.40. The van der Waals surface area contributed by atoms with E-state index < -0.39 is 10.0 Å². The Balaban J connectivity index is 2.34. The normalized spacial score (nSPS) is 11.2. The fourth-order valence-corrected chi connectivity index (χ4v) is 2.75. The largest absolute Gasteiger partial charge is 0.398 e. The summed E-state index contributed by atoms with van der Waals surface area (Å²) >= 11 is 3.22. The second kappa shape index (κ2) is 4.99. The quantitative estimate of drug-likeness (QED) is 0.852. The van der Waals surface area contributed by atoms with Gasteiger partial charge in [0.15, 0.2) is 0 Å². The monoisotopic (exact) mass is 326 g/mol. The van der Waals surface area contributed by atoms with E-state index >= 15 is 0 Å². The molecular formula is C12H11BrN2O2S. The van der Waals surface area contributed by atoms with Crippen LogP contribution in [-0.2, 0) is 10.0 Å². The molecule has 2 aromatic rings. The molecule has 0 aromatic heterocycles. The lowest BCUT2D eigenvalue weighted by Crippen LogP contribution is -2.13. The van der Waals surface area contributed by atoms with Crippen LogP contribution in [0.2, 0.25) is 0 Å². The number of nitrogens with one attached hydrogen (secondary N) is 1. The van der Waals surface area contributed by atoms with Crippen LogP contribution in [-0.4, -0.2) is 8.42 Å². The van der Waals surface area contributed by atoms with Gasteiger partial charge in [-0.1, -0.05) is 18.2 Å². The molecule has 4 nitrogen and oxygen atoms in total. The van der Waals surface area contributed by atoms with Crippen molar-refractivity contribution in [1.29, 1.82) is 0 Å². The molecule has 0 fully saturated rings. The van der Waals surface area contributed by atoms with Gasteiger partial charge in [0, 0.05) is 15.8 Å². The van der Waals surface area contributed by atoms with E-state index in [1.165, 1.54) is 12.1 Å². The minimum absolute atomic E-state index is 0.132. The van der Waals surface area contributed by atoms with Crippen molar-refractivity contribution in [3.05, 3.63) is 53.0 Å². The van der Waals surface area contributed by atoms with Crippen molar-refractivity contribution in [2.45, 2.75) is 4.90 Å². The van der Waals surface area contributed by atoms with Crippen LogP contribution in [0.4, 0.5) is 11.4 Å². The van der Waals surface area contributed by atoms with Crippen LogP contribution in [0.25, 0.3) is 0 Å². The highest BCUT2D eigenvalue weighted by Crippen LogP contribution is 2.24. The van der Waals surface area contributed by atoms with Crippen molar-refractivity contribution >= 4 is 37.3 Å². The highest BCUT2D eigenvalue weighted by molar-refractivity contribution is 9.10. The lowest BCUT2D eigenvalue weighted by Gasteiger charge is -2.09. The Labute approximate surface area is 114 Å². The molecule has 0 aliphatic carbocycles. The lowest BCUT2D eigenvalue weighted by molar-refractivity contribution is 0.601. The summed E-state index contributed by atoms with van der Waals surface area (Å²) in [5, 5.41) is 0. The third-order valence-electron chi connectivity index (χ3n) is 2.30. The average Bonchev–Trinajstić information content (AvgIpc) is 2.33. The van der Waals surface area contributed by atoms with Gasteiger partial charge in [-0.15, -0.1) is 0 Å². The Kier molecular flexibility index (Phi) is 3.58. The van der Waals surface area contributed by atoms with Crippen LogP contribution in [0.5, 0.6) is 0 Å². The molecule has 0 aliphatic rings. The molecular weight excluding hydrogens is 316 g/mol. The summed E-state index contributed by atoms with van der Waals surface area (Å²) in [6, 6.07) is 13.2. The first kappa shape index (κ1) is 12.9. The molecule has 0 radical (unpaired) electrons. The molecule has 0 aliphatic heterocycles. The van der Waals surface area contributed by atoms with Crippen molar-refractivity contribution in [2.75, 3.05) is 10.5 Å². The summed E-state index contributed by atoms with van der Waals surface area (Å²) in [4.78, 5) is 0.132. The second-order valence-corrected chi connectivity index (χ2v) is 6.19. The summed E-state index contributed by atoms with van der Waals surface area (Å²) in [5.41, 5.74) is 6.57. The Hall–Kier alpha value is -1.53. The minimum atomic E-state index is -3.60. The van der Waals surface area contributed by atoms with Crippen LogP contribution in [0.15, 0.2) is 57.9 Å². The molecule has 2 rings (SSSR count). The molecule has 0 unspecified atom stereocenters. The molecule has 18 heavy (non-hydrogen) atoms. The topological polar surface area (TPSA) is 72.2 Å². The lowest BCUT2D eigenvalue weighted by atomic mass is 10.3. The van der Waals surface area contributed by atoms with Crippen LogP contribution in [0.1, 0.15) is 0 Å². The SMILES string of the molecule is Nc1cc(S(=O)(=O)Nc2ccccc2)ccc1Br. The number of hydrogen-bond acceptors (Lipinski definition) is 3.